The third kappa shape index (κ3) is 2.36. The number of rotatable bonds is 4. The average Bonchev–Trinajstić information content (AvgIpc) is 3.00. The summed E-state index contributed by atoms with van der Waals surface area (Å²) in [5, 5.41) is 1.51. The van der Waals surface area contributed by atoms with Gasteiger partial charge in [0, 0.05) is 22.7 Å². The third-order valence-corrected chi connectivity index (χ3v) is 4.05. The van der Waals surface area contributed by atoms with Crippen LogP contribution in [0.4, 0.5) is 0 Å². The number of carbonyl (C=O) groups is 1. The zero-order valence-electron chi connectivity index (χ0n) is 11.3. The molecule has 0 saturated carbocycles. The second-order valence-corrected chi connectivity index (χ2v) is 5.51. The van der Waals surface area contributed by atoms with Crippen LogP contribution in [0.15, 0.2) is 40.1 Å². The number of benzene rings is 1. The highest BCUT2D eigenvalue weighted by atomic mass is 32.2. The smallest absolute Gasteiger partial charge is 0.256 e. The minimum Gasteiger partial charge on any atom is -0.437 e. The lowest BCUT2D eigenvalue weighted by Gasteiger charge is -1.97. The lowest BCUT2D eigenvalue weighted by Crippen LogP contribution is -2.01. The molecule has 3 aromatic rings. The van der Waals surface area contributed by atoms with Crippen LogP contribution in [0.3, 0.4) is 0 Å². The van der Waals surface area contributed by atoms with Gasteiger partial charge in [-0.05, 0) is 19.9 Å². The Hall–Kier alpha value is -2.01. The first-order valence-electron chi connectivity index (χ1n) is 6.31. The second kappa shape index (κ2) is 5.17. The molecule has 0 bridgehead atoms. The summed E-state index contributed by atoms with van der Waals surface area (Å²) in [5.74, 6) is 1.19. The van der Waals surface area contributed by atoms with E-state index >= 15 is 0 Å². The van der Waals surface area contributed by atoms with Crippen LogP contribution in [0.1, 0.15) is 21.8 Å². The number of ketones is 1. The number of aromatic nitrogens is 2. The van der Waals surface area contributed by atoms with Crippen molar-refractivity contribution in [3.63, 3.8) is 0 Å². The molecule has 102 valence electrons. The molecule has 0 atom stereocenters. The molecule has 0 spiro atoms. The van der Waals surface area contributed by atoms with Crippen LogP contribution in [0.5, 0.6) is 0 Å². The van der Waals surface area contributed by atoms with E-state index in [0.717, 1.165) is 22.4 Å². The number of aromatic amines is 1. The molecular formula is C15H14N2O2S. The van der Waals surface area contributed by atoms with Gasteiger partial charge in [0.25, 0.3) is 5.22 Å². The maximum Gasteiger partial charge on any atom is 0.256 e. The fourth-order valence-electron chi connectivity index (χ4n) is 2.01. The van der Waals surface area contributed by atoms with Crippen molar-refractivity contribution in [1.82, 2.24) is 9.97 Å². The van der Waals surface area contributed by atoms with Crippen LogP contribution in [0.2, 0.25) is 0 Å². The number of thioether (sulfide) groups is 1. The molecule has 0 amide bonds. The minimum atomic E-state index is 0.0703. The molecule has 5 heteroatoms. The van der Waals surface area contributed by atoms with Crippen molar-refractivity contribution in [3.8, 4) is 0 Å². The topological polar surface area (TPSA) is 58.9 Å². The first-order chi connectivity index (χ1) is 9.65. The Kier molecular flexibility index (Phi) is 3.36. The first-order valence-corrected chi connectivity index (χ1v) is 7.30. The molecule has 0 fully saturated rings. The van der Waals surface area contributed by atoms with Gasteiger partial charge < -0.3 is 9.40 Å². The van der Waals surface area contributed by atoms with E-state index in [1.807, 2.05) is 38.1 Å². The Morgan fingerprint density at radius 1 is 1.35 bits per heavy atom. The van der Waals surface area contributed by atoms with Gasteiger partial charge in [0.1, 0.15) is 5.76 Å². The predicted octanol–water partition coefficient (Wildman–Crippen LogP) is 3.75. The quantitative estimate of drug-likeness (QED) is 0.586. The standard InChI is InChI=1S/C15H14N2O2S/c1-9-10(2)19-15(17-9)20-8-14(18)12-7-16-13-6-4-3-5-11(12)13/h3-7,16H,8H2,1-2H3. The van der Waals surface area contributed by atoms with E-state index in [1.54, 1.807) is 6.20 Å². The van der Waals surface area contributed by atoms with E-state index in [-0.39, 0.29) is 5.78 Å². The lowest BCUT2D eigenvalue weighted by atomic mass is 10.1. The maximum atomic E-state index is 12.3. The van der Waals surface area contributed by atoms with Crippen molar-refractivity contribution >= 4 is 28.4 Å². The molecular weight excluding hydrogens is 272 g/mol. The van der Waals surface area contributed by atoms with Gasteiger partial charge >= 0.3 is 0 Å². The Labute approximate surface area is 120 Å². The van der Waals surface area contributed by atoms with Gasteiger partial charge in [0.2, 0.25) is 0 Å². The van der Waals surface area contributed by atoms with Crippen molar-refractivity contribution in [3.05, 3.63) is 47.5 Å². The monoisotopic (exact) mass is 286 g/mol. The highest BCUT2D eigenvalue weighted by Crippen LogP contribution is 2.23. The summed E-state index contributed by atoms with van der Waals surface area (Å²) in [6.45, 7) is 3.76. The molecule has 4 nitrogen and oxygen atoms in total. The Bertz CT molecular complexity index is 754. The van der Waals surface area contributed by atoms with Crippen LogP contribution < -0.4 is 0 Å². The van der Waals surface area contributed by atoms with Gasteiger partial charge in [0.15, 0.2) is 5.78 Å². The van der Waals surface area contributed by atoms with Crippen LogP contribution in [0.25, 0.3) is 10.9 Å². The number of fused-ring (bicyclic) bond motifs is 1. The molecule has 1 aromatic carbocycles. The van der Waals surface area contributed by atoms with Crippen molar-refractivity contribution in [2.24, 2.45) is 0 Å². The van der Waals surface area contributed by atoms with Gasteiger partial charge in [-0.1, -0.05) is 30.0 Å². The molecule has 2 aromatic heterocycles. The van der Waals surface area contributed by atoms with Crippen LogP contribution in [-0.2, 0) is 0 Å². The van der Waals surface area contributed by atoms with Gasteiger partial charge in [0.05, 0.1) is 11.4 Å². The number of nitrogens with zero attached hydrogens (tertiary/aromatic N) is 1. The molecule has 0 unspecified atom stereocenters. The van der Waals surface area contributed by atoms with Crippen LogP contribution in [-0.4, -0.2) is 21.5 Å². The maximum absolute atomic E-state index is 12.3. The Morgan fingerprint density at radius 2 is 2.15 bits per heavy atom. The predicted molar refractivity (Wildman–Crippen MR) is 79.3 cm³/mol. The number of hydrogen-bond donors (Lipinski definition) is 1. The number of H-pyrrole nitrogens is 1. The number of nitrogens with one attached hydrogen (secondary N) is 1. The lowest BCUT2D eigenvalue weighted by molar-refractivity contribution is 0.102. The minimum absolute atomic E-state index is 0.0703. The summed E-state index contributed by atoms with van der Waals surface area (Å²) in [4.78, 5) is 19.6. The van der Waals surface area contributed by atoms with Crippen LogP contribution in [0, 0.1) is 13.8 Å². The largest absolute Gasteiger partial charge is 0.437 e. The van der Waals surface area contributed by atoms with Crippen LogP contribution >= 0.6 is 11.8 Å². The zero-order valence-corrected chi connectivity index (χ0v) is 12.1. The summed E-state index contributed by atoms with van der Waals surface area (Å²) in [6, 6.07) is 7.78. The summed E-state index contributed by atoms with van der Waals surface area (Å²) in [6.07, 6.45) is 1.76. The molecule has 3 rings (SSSR count). The normalized spacial score (nSPS) is 11.1. The van der Waals surface area contributed by atoms with E-state index in [2.05, 4.69) is 9.97 Å². The van der Waals surface area contributed by atoms with Gasteiger partial charge in [-0.25, -0.2) is 4.98 Å². The summed E-state index contributed by atoms with van der Waals surface area (Å²) < 4.78 is 5.46. The zero-order chi connectivity index (χ0) is 14.1. The summed E-state index contributed by atoms with van der Waals surface area (Å²) in [7, 11) is 0. The molecule has 0 aliphatic rings. The molecule has 0 aliphatic carbocycles. The molecule has 20 heavy (non-hydrogen) atoms. The average molecular weight is 286 g/mol. The van der Waals surface area contributed by atoms with Crippen molar-refractivity contribution in [2.45, 2.75) is 19.1 Å². The Morgan fingerprint density at radius 3 is 2.90 bits per heavy atom. The fraction of sp³-hybridized carbons (Fsp3) is 0.200. The summed E-state index contributed by atoms with van der Waals surface area (Å²) in [5.41, 5.74) is 2.56. The SMILES string of the molecule is Cc1nc(SCC(=O)c2c[nH]c3ccccc23)oc1C. The number of carbonyl (C=O) groups excluding carboxylic acids is 1. The highest BCUT2D eigenvalue weighted by Gasteiger charge is 2.14. The van der Waals surface area contributed by atoms with Gasteiger partial charge in [-0.15, -0.1) is 0 Å². The van der Waals surface area contributed by atoms with Gasteiger partial charge in [-0.3, -0.25) is 4.79 Å². The highest BCUT2D eigenvalue weighted by molar-refractivity contribution is 7.99. The molecule has 2 heterocycles. The van der Waals surface area contributed by atoms with Crippen molar-refractivity contribution in [2.75, 3.05) is 5.75 Å². The van der Waals surface area contributed by atoms with E-state index in [1.165, 1.54) is 11.8 Å². The fourth-order valence-corrected chi connectivity index (χ4v) is 2.81. The second-order valence-electron chi connectivity index (χ2n) is 4.58. The number of oxazole rings is 1. The number of hydrogen-bond acceptors (Lipinski definition) is 4. The Balaban J connectivity index is 1.76. The van der Waals surface area contributed by atoms with Crippen molar-refractivity contribution < 1.29 is 9.21 Å². The number of para-hydroxylation sites is 1. The number of Topliss-reactive ketones (excluding diaryl/α,β-unsaturated/α-hetero) is 1. The van der Waals surface area contributed by atoms with E-state index in [4.69, 9.17) is 4.42 Å². The first kappa shape index (κ1) is 13.0. The molecule has 0 radical (unpaired) electrons. The van der Waals surface area contributed by atoms with E-state index in [0.29, 0.717) is 16.5 Å². The molecule has 0 aliphatic heterocycles. The van der Waals surface area contributed by atoms with Crippen molar-refractivity contribution in [1.29, 1.82) is 0 Å². The van der Waals surface area contributed by atoms with Gasteiger partial charge in [-0.2, -0.15) is 0 Å². The molecule has 1 N–H and O–H groups in total. The summed E-state index contributed by atoms with van der Waals surface area (Å²) >= 11 is 1.33. The molecule has 0 saturated heterocycles. The third-order valence-electron chi connectivity index (χ3n) is 3.23. The number of aryl methyl sites for hydroxylation is 2. The van der Waals surface area contributed by atoms with E-state index < -0.39 is 0 Å². The van der Waals surface area contributed by atoms with E-state index in [9.17, 15) is 4.79 Å².